The second kappa shape index (κ2) is 15.7. The highest BCUT2D eigenvalue weighted by Crippen LogP contribution is 2.38. The number of amides is 3. The first-order chi connectivity index (χ1) is 22.3. The smallest absolute Gasteiger partial charge is 0.272 e. The summed E-state index contributed by atoms with van der Waals surface area (Å²) in [5.41, 5.74) is 2.75. The molecule has 5 aromatic carbocycles. The molecule has 1 unspecified atom stereocenters. The molecule has 0 saturated heterocycles. The summed E-state index contributed by atoms with van der Waals surface area (Å²) in [5.74, 6) is -1.27. The number of anilines is 2. The first-order valence-electron chi connectivity index (χ1n) is 14.0. The fourth-order valence-corrected chi connectivity index (χ4v) is 5.91. The third-order valence-corrected chi connectivity index (χ3v) is 8.92. The molecule has 46 heavy (non-hydrogen) atoms. The Balaban J connectivity index is 1.38. The van der Waals surface area contributed by atoms with E-state index in [9.17, 15) is 14.4 Å². The van der Waals surface area contributed by atoms with Gasteiger partial charge in [0.1, 0.15) is 10.9 Å². The summed E-state index contributed by atoms with van der Waals surface area (Å²) in [4.78, 5) is 40.9. The van der Waals surface area contributed by atoms with Crippen molar-refractivity contribution < 1.29 is 14.4 Å². The van der Waals surface area contributed by atoms with Crippen LogP contribution < -0.4 is 16.0 Å². The zero-order chi connectivity index (χ0) is 32.5. The Morgan fingerprint density at radius 3 is 2.09 bits per heavy atom. The van der Waals surface area contributed by atoms with E-state index in [-0.39, 0.29) is 16.6 Å². The Labute approximate surface area is 285 Å². The van der Waals surface area contributed by atoms with Crippen molar-refractivity contribution in [1.29, 1.82) is 0 Å². The zero-order valence-corrected chi connectivity index (χ0v) is 27.1. The summed E-state index contributed by atoms with van der Waals surface area (Å²) in [6.45, 7) is 0. The molecule has 0 aliphatic heterocycles. The van der Waals surface area contributed by atoms with Gasteiger partial charge in [-0.1, -0.05) is 108 Å². The molecule has 0 aliphatic rings. The van der Waals surface area contributed by atoms with Crippen molar-refractivity contribution in [2.24, 2.45) is 0 Å². The molecule has 0 fully saturated rings. The van der Waals surface area contributed by atoms with E-state index in [4.69, 9.17) is 34.8 Å². The number of hydrogen-bond donors (Lipinski definition) is 3. The number of benzene rings is 5. The third-order valence-electron chi connectivity index (χ3n) is 6.61. The molecular formula is C36H26Cl3N3O3S. The van der Waals surface area contributed by atoms with E-state index in [1.54, 1.807) is 97.1 Å². The minimum Gasteiger partial charge on any atom is -0.323 e. The van der Waals surface area contributed by atoms with Gasteiger partial charge in [-0.15, -0.1) is 11.8 Å². The first kappa shape index (κ1) is 32.9. The fraction of sp³-hybridized carbons (Fsp3) is 0.0278. The summed E-state index contributed by atoms with van der Waals surface area (Å²) in [6, 6.07) is 37.0. The summed E-state index contributed by atoms with van der Waals surface area (Å²) < 4.78 is 0. The highest BCUT2D eigenvalue weighted by Gasteiger charge is 2.24. The molecule has 0 saturated carbocycles. The second-order valence-corrected chi connectivity index (χ2v) is 12.3. The Bertz CT molecular complexity index is 1890. The summed E-state index contributed by atoms with van der Waals surface area (Å²) in [6.07, 6.45) is 1.57. The molecular weight excluding hydrogens is 661 g/mol. The van der Waals surface area contributed by atoms with Crippen LogP contribution in [-0.4, -0.2) is 17.7 Å². The SMILES string of the molecule is O=C(Nc1cccc(SC(C(=O)Nc2cccc(Cl)c2Cl)c2ccccc2)c1)/C(=C\c1ccc(Cl)cc1)NC(=O)c1ccccc1. The van der Waals surface area contributed by atoms with Crippen LogP contribution in [0.3, 0.4) is 0 Å². The Kier molecular flexibility index (Phi) is 11.2. The van der Waals surface area contributed by atoms with Gasteiger partial charge in [0.15, 0.2) is 0 Å². The van der Waals surface area contributed by atoms with Crippen LogP contribution >= 0.6 is 46.6 Å². The molecule has 0 bridgehead atoms. The van der Waals surface area contributed by atoms with Crippen molar-refractivity contribution in [2.45, 2.75) is 10.1 Å². The van der Waals surface area contributed by atoms with Gasteiger partial charge in [0, 0.05) is 21.2 Å². The van der Waals surface area contributed by atoms with Gasteiger partial charge in [0.25, 0.3) is 11.8 Å². The van der Waals surface area contributed by atoms with Gasteiger partial charge < -0.3 is 16.0 Å². The van der Waals surface area contributed by atoms with E-state index < -0.39 is 17.1 Å². The van der Waals surface area contributed by atoms with E-state index in [1.807, 2.05) is 36.4 Å². The maximum Gasteiger partial charge on any atom is 0.272 e. The number of halogens is 3. The number of thioether (sulfide) groups is 1. The van der Waals surface area contributed by atoms with Crippen LogP contribution in [-0.2, 0) is 9.59 Å². The molecule has 3 N–H and O–H groups in total. The predicted octanol–water partition coefficient (Wildman–Crippen LogP) is 9.53. The van der Waals surface area contributed by atoms with Crippen LogP contribution in [0.25, 0.3) is 6.08 Å². The second-order valence-electron chi connectivity index (χ2n) is 9.91. The van der Waals surface area contributed by atoms with Crippen LogP contribution in [0.15, 0.2) is 138 Å². The van der Waals surface area contributed by atoms with Crippen LogP contribution in [0.4, 0.5) is 11.4 Å². The van der Waals surface area contributed by atoms with Crippen molar-refractivity contribution in [1.82, 2.24) is 5.32 Å². The van der Waals surface area contributed by atoms with Gasteiger partial charge in [-0.05, 0) is 71.8 Å². The number of carbonyl (C=O) groups excluding carboxylic acids is 3. The van der Waals surface area contributed by atoms with Gasteiger partial charge in [0.2, 0.25) is 5.91 Å². The standard InChI is InChI=1S/C36H26Cl3N3O3S/c37-26-19-17-23(18-20-26)21-31(42-34(43)25-11-5-2-6-12-25)35(44)40-27-13-7-14-28(22-27)46-33(24-9-3-1-4-10-24)36(45)41-30-16-8-15-29(38)32(30)39/h1-22,33H,(H,40,44)(H,41,45)(H,42,43)/b31-21+. The molecule has 0 heterocycles. The average Bonchev–Trinajstić information content (AvgIpc) is 3.07. The van der Waals surface area contributed by atoms with Crippen LogP contribution in [0, 0.1) is 0 Å². The van der Waals surface area contributed by atoms with E-state index in [1.165, 1.54) is 11.8 Å². The predicted molar refractivity (Wildman–Crippen MR) is 189 cm³/mol. The van der Waals surface area contributed by atoms with E-state index in [0.717, 1.165) is 10.5 Å². The first-order valence-corrected chi connectivity index (χ1v) is 16.0. The lowest BCUT2D eigenvalue weighted by molar-refractivity contribution is -0.116. The lowest BCUT2D eigenvalue weighted by Crippen LogP contribution is -2.30. The van der Waals surface area contributed by atoms with Crippen LogP contribution in [0.1, 0.15) is 26.7 Å². The van der Waals surface area contributed by atoms with Crippen molar-refractivity contribution in [3.05, 3.63) is 165 Å². The molecule has 0 radical (unpaired) electrons. The fourth-order valence-electron chi connectivity index (χ4n) is 4.35. The van der Waals surface area contributed by atoms with Gasteiger partial charge >= 0.3 is 0 Å². The highest BCUT2D eigenvalue weighted by atomic mass is 35.5. The number of hydrogen-bond acceptors (Lipinski definition) is 4. The van der Waals surface area contributed by atoms with Gasteiger partial charge in [-0.3, -0.25) is 14.4 Å². The number of nitrogens with one attached hydrogen (secondary N) is 3. The lowest BCUT2D eigenvalue weighted by atomic mass is 10.1. The molecule has 10 heteroatoms. The van der Waals surface area contributed by atoms with Gasteiger partial charge in [-0.2, -0.15) is 0 Å². The highest BCUT2D eigenvalue weighted by molar-refractivity contribution is 8.00. The van der Waals surface area contributed by atoms with E-state index in [0.29, 0.717) is 32.5 Å². The third kappa shape index (κ3) is 8.80. The normalized spacial score (nSPS) is 11.8. The van der Waals surface area contributed by atoms with Gasteiger partial charge in [0.05, 0.1) is 15.7 Å². The average molecular weight is 687 g/mol. The van der Waals surface area contributed by atoms with Crippen molar-refractivity contribution in [3.8, 4) is 0 Å². The Morgan fingerprint density at radius 2 is 1.37 bits per heavy atom. The molecule has 1 atom stereocenters. The summed E-state index contributed by atoms with van der Waals surface area (Å²) in [5, 5.41) is 8.96. The Morgan fingerprint density at radius 1 is 0.696 bits per heavy atom. The molecule has 230 valence electrons. The van der Waals surface area contributed by atoms with Crippen LogP contribution in [0.5, 0.6) is 0 Å². The van der Waals surface area contributed by atoms with Gasteiger partial charge in [-0.25, -0.2) is 0 Å². The zero-order valence-electron chi connectivity index (χ0n) is 24.0. The summed E-state index contributed by atoms with van der Waals surface area (Å²) in [7, 11) is 0. The molecule has 0 spiro atoms. The molecule has 6 nitrogen and oxygen atoms in total. The topological polar surface area (TPSA) is 87.3 Å². The van der Waals surface area contributed by atoms with Crippen molar-refractivity contribution >= 4 is 81.7 Å². The number of carbonyl (C=O) groups is 3. The molecule has 5 aromatic rings. The summed E-state index contributed by atoms with van der Waals surface area (Å²) >= 11 is 19.8. The van der Waals surface area contributed by atoms with Crippen molar-refractivity contribution in [2.75, 3.05) is 10.6 Å². The number of rotatable bonds is 10. The van der Waals surface area contributed by atoms with Crippen molar-refractivity contribution in [3.63, 3.8) is 0 Å². The molecule has 0 aromatic heterocycles. The minimum atomic E-state index is -0.660. The lowest BCUT2D eigenvalue weighted by Gasteiger charge is -2.18. The molecule has 5 rings (SSSR count). The monoisotopic (exact) mass is 685 g/mol. The quantitative estimate of drug-likeness (QED) is 0.101. The van der Waals surface area contributed by atoms with Crippen LogP contribution in [0.2, 0.25) is 15.1 Å². The Hall–Kier alpha value is -4.53. The largest absolute Gasteiger partial charge is 0.323 e. The minimum absolute atomic E-state index is 0.0363. The van der Waals surface area contributed by atoms with E-state index in [2.05, 4.69) is 16.0 Å². The molecule has 3 amide bonds. The molecule has 0 aliphatic carbocycles. The van der Waals surface area contributed by atoms with E-state index >= 15 is 0 Å². The maximum atomic E-state index is 13.6. The maximum absolute atomic E-state index is 13.6.